The zero-order valence-corrected chi connectivity index (χ0v) is 10.7. The number of nitrogens with zero attached hydrogens (tertiary/aromatic N) is 1. The fraction of sp³-hybridized carbons (Fsp3) is 0.818. The Labute approximate surface area is 106 Å². The normalized spacial score (nSPS) is 19.2. The molecule has 7 heteroatoms. The van der Waals surface area contributed by atoms with Gasteiger partial charge in [-0.1, -0.05) is 0 Å². The Bertz CT molecular complexity index is 315. The summed E-state index contributed by atoms with van der Waals surface area (Å²) < 4.78 is 10.1. The molecule has 1 atom stereocenters. The van der Waals surface area contributed by atoms with E-state index in [1.165, 1.54) is 0 Å². The van der Waals surface area contributed by atoms with Gasteiger partial charge in [0.1, 0.15) is 12.2 Å². The topological polar surface area (TPSA) is 102 Å². The zero-order valence-electron chi connectivity index (χ0n) is 10.7. The Morgan fingerprint density at radius 1 is 1.50 bits per heavy atom. The number of ether oxygens (including phenoxy) is 2. The molecule has 1 amide bonds. The second-order valence-corrected chi connectivity index (χ2v) is 4.71. The zero-order chi connectivity index (χ0) is 13.8. The van der Waals surface area contributed by atoms with Gasteiger partial charge in [-0.05, 0) is 13.3 Å². The second kappa shape index (κ2) is 6.12. The van der Waals surface area contributed by atoms with Crippen molar-refractivity contribution in [2.45, 2.75) is 25.0 Å². The summed E-state index contributed by atoms with van der Waals surface area (Å²) in [7, 11) is 1.55. The Morgan fingerprint density at radius 2 is 2.11 bits per heavy atom. The molecule has 1 aliphatic rings. The van der Waals surface area contributed by atoms with Crippen molar-refractivity contribution in [3.8, 4) is 0 Å². The summed E-state index contributed by atoms with van der Waals surface area (Å²) >= 11 is 0. The van der Waals surface area contributed by atoms with Gasteiger partial charge in [-0.25, -0.2) is 4.79 Å². The van der Waals surface area contributed by atoms with Crippen molar-refractivity contribution in [2.75, 3.05) is 33.4 Å². The molecular formula is C11H20N2O5. The Hall–Kier alpha value is -1.18. The van der Waals surface area contributed by atoms with Crippen molar-refractivity contribution in [1.29, 1.82) is 0 Å². The second-order valence-electron chi connectivity index (χ2n) is 4.71. The van der Waals surface area contributed by atoms with Crippen LogP contribution < -0.4 is 5.73 Å². The summed E-state index contributed by atoms with van der Waals surface area (Å²) in [5, 5.41) is 8.52. The van der Waals surface area contributed by atoms with Crippen LogP contribution in [0.1, 0.15) is 13.3 Å². The molecule has 7 nitrogen and oxygen atoms in total. The van der Waals surface area contributed by atoms with Crippen LogP contribution in [0.5, 0.6) is 0 Å². The average Bonchev–Trinajstić information content (AvgIpc) is 2.28. The molecule has 0 aliphatic carbocycles. The van der Waals surface area contributed by atoms with Crippen LogP contribution in [0.4, 0.5) is 0 Å². The number of methoxy groups -OCH3 is 1. The third kappa shape index (κ3) is 3.94. The molecule has 3 N–H and O–H groups in total. The molecule has 0 saturated carbocycles. The van der Waals surface area contributed by atoms with E-state index >= 15 is 0 Å². The first kappa shape index (κ1) is 14.9. The minimum atomic E-state index is -1.02. The smallest absolute Gasteiger partial charge is 0.329 e. The van der Waals surface area contributed by atoms with Gasteiger partial charge in [-0.3, -0.25) is 4.79 Å². The summed E-state index contributed by atoms with van der Waals surface area (Å²) in [6.45, 7) is 2.61. The fourth-order valence-electron chi connectivity index (χ4n) is 1.85. The van der Waals surface area contributed by atoms with Crippen LogP contribution in [-0.4, -0.2) is 66.9 Å². The van der Waals surface area contributed by atoms with Gasteiger partial charge < -0.3 is 25.2 Å². The molecule has 1 heterocycles. The van der Waals surface area contributed by atoms with E-state index in [1.807, 2.05) is 0 Å². The molecule has 0 radical (unpaired) electrons. The first-order valence-electron chi connectivity index (χ1n) is 5.77. The Balaban J connectivity index is 2.32. The van der Waals surface area contributed by atoms with Gasteiger partial charge in [0.25, 0.3) is 0 Å². The number of hydrogen-bond acceptors (Lipinski definition) is 5. The van der Waals surface area contributed by atoms with Crippen LogP contribution in [0.3, 0.4) is 0 Å². The van der Waals surface area contributed by atoms with Gasteiger partial charge >= 0.3 is 5.97 Å². The average molecular weight is 260 g/mol. The first-order chi connectivity index (χ1) is 8.38. The molecule has 0 aromatic carbocycles. The molecule has 1 aliphatic heterocycles. The van der Waals surface area contributed by atoms with Crippen molar-refractivity contribution >= 4 is 11.9 Å². The van der Waals surface area contributed by atoms with Crippen LogP contribution in [-0.2, 0) is 19.1 Å². The third-order valence-corrected chi connectivity index (χ3v) is 2.86. The highest BCUT2D eigenvalue weighted by molar-refractivity contribution is 5.82. The summed E-state index contributed by atoms with van der Waals surface area (Å²) in [4.78, 5) is 23.8. The molecular weight excluding hydrogens is 240 g/mol. The number of aliphatic carboxylic acids is 1. The lowest BCUT2D eigenvalue weighted by Gasteiger charge is -2.47. The number of rotatable bonds is 7. The molecule has 0 aromatic rings. The minimum absolute atomic E-state index is 0.150. The lowest BCUT2D eigenvalue weighted by atomic mass is 9.95. The molecule has 0 bridgehead atoms. The van der Waals surface area contributed by atoms with E-state index in [2.05, 4.69) is 0 Å². The predicted molar refractivity (Wildman–Crippen MR) is 63.0 cm³/mol. The molecule has 1 unspecified atom stereocenters. The fourth-order valence-corrected chi connectivity index (χ4v) is 1.85. The minimum Gasteiger partial charge on any atom is -0.480 e. The Morgan fingerprint density at radius 3 is 2.61 bits per heavy atom. The number of carboxylic acids is 1. The standard InChI is InChI=1S/C11H20N2O5/c1-11(18-5-9(14)15)6-13(7-11)10(16)8(12)3-4-17-2/h8H,3-7,12H2,1-2H3,(H,14,15). The van der Waals surface area contributed by atoms with Gasteiger partial charge in [-0.2, -0.15) is 0 Å². The van der Waals surface area contributed by atoms with Crippen molar-refractivity contribution in [1.82, 2.24) is 4.90 Å². The molecule has 104 valence electrons. The number of likely N-dealkylation sites (tertiary alicyclic amines) is 1. The maximum Gasteiger partial charge on any atom is 0.329 e. The lowest BCUT2D eigenvalue weighted by Crippen LogP contribution is -2.65. The van der Waals surface area contributed by atoms with E-state index in [0.717, 1.165) is 0 Å². The van der Waals surface area contributed by atoms with Crippen LogP contribution in [0, 0.1) is 0 Å². The van der Waals surface area contributed by atoms with Gasteiger partial charge in [-0.15, -0.1) is 0 Å². The first-order valence-corrected chi connectivity index (χ1v) is 5.77. The quantitative estimate of drug-likeness (QED) is 0.612. The SMILES string of the molecule is COCCC(N)C(=O)N1CC(C)(OCC(=O)O)C1. The van der Waals surface area contributed by atoms with E-state index in [1.54, 1.807) is 18.9 Å². The Kier molecular flexibility index (Phi) is 5.06. The lowest BCUT2D eigenvalue weighted by molar-refractivity contribution is -0.174. The maximum atomic E-state index is 11.8. The summed E-state index contributed by atoms with van der Waals surface area (Å²) in [6, 6.07) is -0.575. The van der Waals surface area contributed by atoms with Crippen LogP contribution in [0.15, 0.2) is 0 Å². The third-order valence-electron chi connectivity index (χ3n) is 2.86. The van der Waals surface area contributed by atoms with Crippen molar-refractivity contribution in [3.05, 3.63) is 0 Å². The number of carboxylic acid groups (broad SMARTS) is 1. The van der Waals surface area contributed by atoms with Crippen molar-refractivity contribution in [2.24, 2.45) is 5.73 Å². The molecule has 0 spiro atoms. The molecule has 18 heavy (non-hydrogen) atoms. The van der Waals surface area contributed by atoms with Gasteiger partial charge in [0.15, 0.2) is 0 Å². The van der Waals surface area contributed by atoms with Crippen LogP contribution in [0.2, 0.25) is 0 Å². The summed E-state index contributed by atoms with van der Waals surface area (Å²) in [5.41, 5.74) is 5.14. The molecule has 1 rings (SSSR count). The summed E-state index contributed by atoms with van der Waals surface area (Å²) in [5.74, 6) is -1.17. The van der Waals surface area contributed by atoms with Crippen molar-refractivity contribution < 1.29 is 24.2 Å². The molecule has 0 aromatic heterocycles. The number of amides is 1. The summed E-state index contributed by atoms with van der Waals surface area (Å²) in [6.07, 6.45) is 0.471. The molecule has 1 saturated heterocycles. The van der Waals surface area contributed by atoms with E-state index < -0.39 is 17.6 Å². The van der Waals surface area contributed by atoms with Gasteiger partial charge in [0.05, 0.1) is 19.1 Å². The number of hydrogen-bond donors (Lipinski definition) is 2. The number of carbonyl (C=O) groups excluding carboxylic acids is 1. The highest BCUT2D eigenvalue weighted by Gasteiger charge is 2.43. The van der Waals surface area contributed by atoms with E-state index in [-0.39, 0.29) is 12.5 Å². The van der Waals surface area contributed by atoms with E-state index in [9.17, 15) is 9.59 Å². The largest absolute Gasteiger partial charge is 0.480 e. The highest BCUT2D eigenvalue weighted by atomic mass is 16.5. The monoisotopic (exact) mass is 260 g/mol. The van der Waals surface area contributed by atoms with E-state index in [0.29, 0.717) is 26.1 Å². The van der Waals surface area contributed by atoms with E-state index in [4.69, 9.17) is 20.3 Å². The number of carbonyl (C=O) groups is 2. The van der Waals surface area contributed by atoms with Gasteiger partial charge in [0.2, 0.25) is 5.91 Å². The molecule has 1 fully saturated rings. The van der Waals surface area contributed by atoms with Crippen LogP contribution in [0.25, 0.3) is 0 Å². The van der Waals surface area contributed by atoms with Gasteiger partial charge in [0, 0.05) is 13.7 Å². The maximum absolute atomic E-state index is 11.8. The number of nitrogens with two attached hydrogens (primary N) is 1. The predicted octanol–water partition coefficient (Wildman–Crippen LogP) is -0.948. The van der Waals surface area contributed by atoms with Crippen molar-refractivity contribution in [3.63, 3.8) is 0 Å². The van der Waals surface area contributed by atoms with Crippen LogP contribution >= 0.6 is 0 Å². The highest BCUT2D eigenvalue weighted by Crippen LogP contribution is 2.25.